The third-order valence-electron chi connectivity index (χ3n) is 2.13. The molecule has 0 bridgehead atoms. The first-order valence-corrected chi connectivity index (χ1v) is 5.01. The van der Waals surface area contributed by atoms with Crippen LogP contribution in [0.2, 0.25) is 0 Å². The van der Waals surface area contributed by atoms with E-state index in [4.69, 9.17) is 10.2 Å². The van der Waals surface area contributed by atoms with E-state index in [9.17, 15) is 4.79 Å². The predicted octanol–water partition coefficient (Wildman–Crippen LogP) is 0.849. The quantitative estimate of drug-likeness (QED) is 0.511. The average molecular weight is 203 g/mol. The lowest BCUT2D eigenvalue weighted by Crippen LogP contribution is -2.31. The highest BCUT2D eigenvalue weighted by Gasteiger charge is 2.16. The molecule has 0 fully saturated rings. The number of rotatable bonds is 8. The average Bonchev–Trinajstić information content (AvgIpc) is 2.09. The molecule has 0 radical (unpaired) electrons. The second-order valence-corrected chi connectivity index (χ2v) is 4.31. The minimum absolute atomic E-state index is 0.126. The minimum atomic E-state index is -0.773. The molecule has 0 aromatic rings. The summed E-state index contributed by atoms with van der Waals surface area (Å²) in [6.45, 7) is 5.74. The fourth-order valence-electron chi connectivity index (χ4n) is 1.27. The van der Waals surface area contributed by atoms with Crippen molar-refractivity contribution in [3.8, 4) is 0 Å². The summed E-state index contributed by atoms with van der Waals surface area (Å²) in [4.78, 5) is 10.2. The van der Waals surface area contributed by atoms with E-state index in [-0.39, 0.29) is 18.4 Å². The van der Waals surface area contributed by atoms with Gasteiger partial charge in [0.15, 0.2) is 0 Å². The van der Waals surface area contributed by atoms with Crippen molar-refractivity contribution < 1.29 is 15.0 Å². The van der Waals surface area contributed by atoms with Crippen LogP contribution in [0.15, 0.2) is 0 Å². The summed E-state index contributed by atoms with van der Waals surface area (Å²) in [6, 6.07) is 0. The van der Waals surface area contributed by atoms with Crippen molar-refractivity contribution in [2.45, 2.75) is 33.1 Å². The molecule has 0 aliphatic heterocycles. The third-order valence-corrected chi connectivity index (χ3v) is 2.13. The van der Waals surface area contributed by atoms with E-state index < -0.39 is 5.97 Å². The fraction of sp³-hybridized carbons (Fsp3) is 0.900. The molecule has 0 aliphatic carbocycles. The van der Waals surface area contributed by atoms with Crippen molar-refractivity contribution in [1.82, 2.24) is 5.32 Å². The van der Waals surface area contributed by atoms with Crippen LogP contribution >= 0.6 is 0 Å². The summed E-state index contributed by atoms with van der Waals surface area (Å²) in [6.07, 6.45) is 1.91. The Hall–Kier alpha value is -0.610. The van der Waals surface area contributed by atoms with Gasteiger partial charge in [-0.1, -0.05) is 13.8 Å². The number of aliphatic hydroxyl groups is 1. The molecule has 0 atom stereocenters. The van der Waals surface area contributed by atoms with E-state index in [2.05, 4.69) is 19.2 Å². The highest BCUT2D eigenvalue weighted by atomic mass is 16.4. The Kier molecular flexibility index (Phi) is 6.49. The van der Waals surface area contributed by atoms with Gasteiger partial charge in [-0.25, -0.2) is 0 Å². The van der Waals surface area contributed by atoms with Crippen molar-refractivity contribution >= 4 is 5.97 Å². The van der Waals surface area contributed by atoms with Gasteiger partial charge in [-0.3, -0.25) is 4.79 Å². The Morgan fingerprint density at radius 3 is 2.57 bits per heavy atom. The molecule has 0 saturated carbocycles. The van der Waals surface area contributed by atoms with Crippen molar-refractivity contribution in [1.29, 1.82) is 0 Å². The Bertz CT molecular complexity index is 169. The smallest absolute Gasteiger partial charge is 0.304 e. The van der Waals surface area contributed by atoms with Gasteiger partial charge in [0, 0.05) is 19.7 Å². The molecule has 0 aromatic carbocycles. The van der Waals surface area contributed by atoms with E-state index in [1.807, 2.05) is 0 Å². The number of hydrogen-bond donors (Lipinski definition) is 3. The number of aliphatic carboxylic acids is 1. The predicted molar refractivity (Wildman–Crippen MR) is 55.2 cm³/mol. The summed E-state index contributed by atoms with van der Waals surface area (Å²) in [5.74, 6) is -0.773. The summed E-state index contributed by atoms with van der Waals surface area (Å²) < 4.78 is 0. The molecule has 4 nitrogen and oxygen atoms in total. The van der Waals surface area contributed by atoms with Gasteiger partial charge in [-0.05, 0) is 18.3 Å². The molecular formula is C10H21NO3. The molecule has 14 heavy (non-hydrogen) atoms. The van der Waals surface area contributed by atoms with E-state index in [0.29, 0.717) is 6.54 Å². The molecule has 0 amide bonds. The second kappa shape index (κ2) is 6.79. The van der Waals surface area contributed by atoms with E-state index in [1.165, 1.54) is 0 Å². The van der Waals surface area contributed by atoms with Crippen LogP contribution in [0, 0.1) is 5.41 Å². The van der Waals surface area contributed by atoms with Gasteiger partial charge in [-0.2, -0.15) is 0 Å². The highest BCUT2D eigenvalue weighted by molar-refractivity contribution is 5.66. The molecule has 84 valence electrons. The first-order chi connectivity index (χ1) is 6.48. The Balaban J connectivity index is 3.49. The lowest BCUT2D eigenvalue weighted by atomic mass is 9.88. The molecule has 0 unspecified atom stereocenters. The second-order valence-electron chi connectivity index (χ2n) is 4.31. The summed E-state index contributed by atoms with van der Waals surface area (Å²) in [7, 11) is 0. The number of carboxylic acid groups (broad SMARTS) is 1. The van der Waals surface area contributed by atoms with Crippen molar-refractivity contribution in [2.75, 3.05) is 19.7 Å². The highest BCUT2D eigenvalue weighted by Crippen LogP contribution is 2.20. The van der Waals surface area contributed by atoms with Crippen molar-refractivity contribution in [3.05, 3.63) is 0 Å². The lowest BCUT2D eigenvalue weighted by molar-refractivity contribution is -0.136. The summed E-state index contributed by atoms with van der Waals surface area (Å²) in [5.41, 5.74) is 0.126. The molecule has 0 heterocycles. The van der Waals surface area contributed by atoms with Crippen LogP contribution in [0.3, 0.4) is 0 Å². The Morgan fingerprint density at radius 1 is 1.43 bits per heavy atom. The summed E-state index contributed by atoms with van der Waals surface area (Å²) >= 11 is 0. The zero-order valence-corrected chi connectivity index (χ0v) is 9.05. The first kappa shape index (κ1) is 13.4. The van der Waals surface area contributed by atoms with Gasteiger partial charge in [-0.15, -0.1) is 0 Å². The van der Waals surface area contributed by atoms with Gasteiger partial charge >= 0.3 is 5.97 Å². The number of hydrogen-bond acceptors (Lipinski definition) is 3. The zero-order valence-electron chi connectivity index (χ0n) is 9.05. The number of carboxylic acids is 1. The maximum absolute atomic E-state index is 10.2. The lowest BCUT2D eigenvalue weighted by Gasteiger charge is -2.24. The molecular weight excluding hydrogens is 182 g/mol. The molecule has 3 N–H and O–H groups in total. The standard InChI is InChI=1S/C10H21NO3/c1-10(2,5-3-7-12)8-11-6-4-9(13)14/h11-12H,3-8H2,1-2H3,(H,13,14). The number of carbonyl (C=O) groups is 1. The minimum Gasteiger partial charge on any atom is -0.481 e. The fourth-order valence-corrected chi connectivity index (χ4v) is 1.27. The number of nitrogens with one attached hydrogen (secondary N) is 1. The van der Waals surface area contributed by atoms with Crippen LogP contribution < -0.4 is 5.32 Å². The topological polar surface area (TPSA) is 69.6 Å². The molecule has 4 heteroatoms. The molecule has 0 saturated heterocycles. The molecule has 0 aliphatic rings. The van der Waals surface area contributed by atoms with Gasteiger partial charge in [0.25, 0.3) is 0 Å². The Morgan fingerprint density at radius 2 is 2.07 bits per heavy atom. The Labute approximate surface area is 85.3 Å². The van der Waals surface area contributed by atoms with E-state index >= 15 is 0 Å². The largest absolute Gasteiger partial charge is 0.481 e. The summed E-state index contributed by atoms with van der Waals surface area (Å²) in [5, 5.41) is 20.2. The SMILES string of the molecule is CC(C)(CCCO)CNCCC(=O)O. The van der Waals surface area contributed by atoms with Crippen LogP contribution in [0.1, 0.15) is 33.1 Å². The van der Waals surface area contributed by atoms with Crippen molar-refractivity contribution in [3.63, 3.8) is 0 Å². The van der Waals surface area contributed by atoms with Gasteiger partial charge in [0.1, 0.15) is 0 Å². The molecule has 0 rings (SSSR count). The van der Waals surface area contributed by atoms with Crippen LogP contribution in [-0.2, 0) is 4.79 Å². The number of aliphatic hydroxyl groups excluding tert-OH is 1. The van der Waals surface area contributed by atoms with E-state index in [0.717, 1.165) is 19.4 Å². The molecule has 0 spiro atoms. The van der Waals surface area contributed by atoms with Crippen LogP contribution in [0.4, 0.5) is 0 Å². The van der Waals surface area contributed by atoms with E-state index in [1.54, 1.807) is 0 Å². The molecule has 0 aromatic heterocycles. The van der Waals surface area contributed by atoms with Gasteiger partial charge in [0.2, 0.25) is 0 Å². The zero-order chi connectivity index (χ0) is 11.0. The first-order valence-electron chi connectivity index (χ1n) is 5.01. The monoisotopic (exact) mass is 203 g/mol. The van der Waals surface area contributed by atoms with Crippen molar-refractivity contribution in [2.24, 2.45) is 5.41 Å². The van der Waals surface area contributed by atoms with Crippen LogP contribution in [0.25, 0.3) is 0 Å². The maximum Gasteiger partial charge on any atom is 0.304 e. The maximum atomic E-state index is 10.2. The van der Waals surface area contributed by atoms with Crippen LogP contribution in [0.5, 0.6) is 0 Å². The van der Waals surface area contributed by atoms with Crippen LogP contribution in [-0.4, -0.2) is 35.9 Å². The van der Waals surface area contributed by atoms with Gasteiger partial charge in [0.05, 0.1) is 6.42 Å². The normalized spacial score (nSPS) is 11.6. The third kappa shape index (κ3) is 8.01. The van der Waals surface area contributed by atoms with Gasteiger partial charge < -0.3 is 15.5 Å².